The number of nitro groups is 1. The molecule has 25 heavy (non-hydrogen) atoms. The highest BCUT2D eigenvalue weighted by Gasteiger charge is 2.17. The maximum absolute atomic E-state index is 13.3. The first-order valence-corrected chi connectivity index (χ1v) is 7.26. The van der Waals surface area contributed by atoms with Crippen molar-refractivity contribution in [2.24, 2.45) is 0 Å². The van der Waals surface area contributed by atoms with Crippen LogP contribution in [0.5, 0.6) is 11.5 Å². The van der Waals surface area contributed by atoms with Gasteiger partial charge in [-0.25, -0.2) is 9.18 Å². The number of hydrogen-bond donors (Lipinski definition) is 2. The third kappa shape index (κ3) is 5.06. The second kappa shape index (κ2) is 8.48. The molecule has 0 aromatic heterocycles. The van der Waals surface area contributed by atoms with Gasteiger partial charge in [-0.1, -0.05) is 12.1 Å². The van der Waals surface area contributed by atoms with Gasteiger partial charge in [0, 0.05) is 0 Å². The molecule has 2 rings (SSSR count). The van der Waals surface area contributed by atoms with Crippen molar-refractivity contribution in [3.63, 3.8) is 0 Å². The maximum atomic E-state index is 13.3. The van der Waals surface area contributed by atoms with Crippen LogP contribution in [0, 0.1) is 15.9 Å². The van der Waals surface area contributed by atoms with E-state index >= 15 is 0 Å². The largest absolute Gasteiger partial charge is 0.496 e. The fourth-order valence-electron chi connectivity index (χ4n) is 1.95. The van der Waals surface area contributed by atoms with Crippen molar-refractivity contribution in [2.75, 3.05) is 25.6 Å². The molecule has 2 aromatic carbocycles. The van der Waals surface area contributed by atoms with E-state index < -0.39 is 16.8 Å². The van der Waals surface area contributed by atoms with Crippen LogP contribution in [0.25, 0.3) is 0 Å². The van der Waals surface area contributed by atoms with Crippen LogP contribution in [0.1, 0.15) is 0 Å². The van der Waals surface area contributed by atoms with Gasteiger partial charge in [0.1, 0.15) is 18.0 Å². The first-order chi connectivity index (χ1) is 12.0. The number of benzene rings is 2. The van der Waals surface area contributed by atoms with Crippen molar-refractivity contribution in [3.8, 4) is 11.5 Å². The topological polar surface area (TPSA) is 103 Å². The van der Waals surface area contributed by atoms with Crippen molar-refractivity contribution < 1.29 is 23.6 Å². The molecule has 0 spiro atoms. The number of carbonyl (C=O) groups is 1. The lowest BCUT2D eigenvalue weighted by molar-refractivity contribution is -0.384. The summed E-state index contributed by atoms with van der Waals surface area (Å²) in [4.78, 5) is 22.2. The Bertz CT molecular complexity index is 769. The predicted octanol–water partition coefficient (Wildman–Crippen LogP) is 2.94. The molecule has 0 saturated heterocycles. The van der Waals surface area contributed by atoms with E-state index in [0.29, 0.717) is 5.75 Å². The Kier molecular flexibility index (Phi) is 6.10. The molecule has 0 saturated carbocycles. The molecule has 0 aliphatic carbocycles. The molecule has 132 valence electrons. The summed E-state index contributed by atoms with van der Waals surface area (Å²) in [5, 5.41) is 15.9. The molecule has 2 N–H and O–H groups in total. The Morgan fingerprint density at radius 2 is 2.04 bits per heavy atom. The highest BCUT2D eigenvalue weighted by molar-refractivity contribution is 5.91. The van der Waals surface area contributed by atoms with E-state index in [4.69, 9.17) is 9.47 Å². The van der Waals surface area contributed by atoms with Crippen LogP contribution in [0.3, 0.4) is 0 Å². The number of methoxy groups -OCH3 is 1. The number of ether oxygens (including phenoxy) is 2. The molecular weight excluding hydrogens is 333 g/mol. The van der Waals surface area contributed by atoms with Gasteiger partial charge in [0.2, 0.25) is 0 Å². The van der Waals surface area contributed by atoms with Crippen LogP contribution in [-0.4, -0.2) is 31.2 Å². The molecule has 0 heterocycles. The SMILES string of the molecule is COc1ccc(NC(=O)NCCOc2ccccc2F)c([N+](=O)[O-])c1. The van der Waals surface area contributed by atoms with Crippen molar-refractivity contribution >= 4 is 17.4 Å². The van der Waals surface area contributed by atoms with E-state index in [0.717, 1.165) is 0 Å². The number of rotatable bonds is 7. The van der Waals surface area contributed by atoms with E-state index in [1.807, 2.05) is 0 Å². The summed E-state index contributed by atoms with van der Waals surface area (Å²) < 4.78 is 23.4. The smallest absolute Gasteiger partial charge is 0.319 e. The van der Waals surface area contributed by atoms with Gasteiger partial charge in [-0.05, 0) is 24.3 Å². The monoisotopic (exact) mass is 349 g/mol. The lowest BCUT2D eigenvalue weighted by Gasteiger charge is -2.10. The van der Waals surface area contributed by atoms with Gasteiger partial charge in [0.25, 0.3) is 5.69 Å². The van der Waals surface area contributed by atoms with Gasteiger partial charge in [-0.15, -0.1) is 0 Å². The summed E-state index contributed by atoms with van der Waals surface area (Å²) in [6.07, 6.45) is 0. The molecule has 2 aromatic rings. The first-order valence-electron chi connectivity index (χ1n) is 7.26. The Morgan fingerprint density at radius 3 is 2.72 bits per heavy atom. The summed E-state index contributed by atoms with van der Waals surface area (Å²) in [6, 6.07) is 9.31. The molecule has 0 radical (unpaired) electrons. The molecule has 0 bridgehead atoms. The standard InChI is InChI=1S/C16H16FN3O5/c1-24-11-6-7-13(14(10-11)20(22)23)19-16(21)18-8-9-25-15-5-3-2-4-12(15)17/h2-7,10H,8-9H2,1H3,(H2,18,19,21). The lowest BCUT2D eigenvalue weighted by Crippen LogP contribution is -2.32. The number of para-hydroxylation sites is 1. The molecule has 2 amide bonds. The highest BCUT2D eigenvalue weighted by atomic mass is 19.1. The number of nitrogens with zero attached hydrogens (tertiary/aromatic N) is 1. The maximum Gasteiger partial charge on any atom is 0.319 e. The van der Waals surface area contributed by atoms with Crippen molar-refractivity contribution in [1.82, 2.24) is 5.32 Å². The van der Waals surface area contributed by atoms with Gasteiger partial charge in [-0.2, -0.15) is 0 Å². The summed E-state index contributed by atoms with van der Waals surface area (Å²) >= 11 is 0. The average Bonchev–Trinajstić information content (AvgIpc) is 2.60. The van der Waals surface area contributed by atoms with E-state index in [-0.39, 0.29) is 30.3 Å². The molecule has 0 aliphatic rings. The number of amides is 2. The fourth-order valence-corrected chi connectivity index (χ4v) is 1.95. The molecule has 0 aliphatic heterocycles. The zero-order chi connectivity index (χ0) is 18.2. The summed E-state index contributed by atoms with van der Waals surface area (Å²) in [6.45, 7) is 0.128. The number of nitro benzene ring substituents is 1. The Morgan fingerprint density at radius 1 is 1.28 bits per heavy atom. The normalized spacial score (nSPS) is 10.0. The van der Waals surface area contributed by atoms with Crippen LogP contribution in [0.4, 0.5) is 20.6 Å². The zero-order valence-corrected chi connectivity index (χ0v) is 13.3. The quantitative estimate of drug-likeness (QED) is 0.454. The van der Waals surface area contributed by atoms with Crippen LogP contribution in [0.15, 0.2) is 42.5 Å². The molecule has 9 heteroatoms. The van der Waals surface area contributed by atoms with Crippen LogP contribution in [0.2, 0.25) is 0 Å². The van der Waals surface area contributed by atoms with Crippen molar-refractivity contribution in [3.05, 3.63) is 58.4 Å². The van der Waals surface area contributed by atoms with E-state index in [1.165, 1.54) is 43.5 Å². The van der Waals surface area contributed by atoms with Crippen molar-refractivity contribution in [2.45, 2.75) is 0 Å². The zero-order valence-electron chi connectivity index (χ0n) is 13.3. The third-order valence-corrected chi connectivity index (χ3v) is 3.13. The van der Waals surface area contributed by atoms with E-state index in [9.17, 15) is 19.3 Å². The predicted molar refractivity (Wildman–Crippen MR) is 88.6 cm³/mol. The van der Waals surface area contributed by atoms with E-state index in [1.54, 1.807) is 6.07 Å². The van der Waals surface area contributed by atoms with Gasteiger partial charge in [0.05, 0.1) is 24.6 Å². The molecule has 0 unspecified atom stereocenters. The number of carbonyl (C=O) groups excluding carboxylic acids is 1. The number of halogens is 1. The van der Waals surface area contributed by atoms with E-state index in [2.05, 4.69) is 10.6 Å². The second-order valence-corrected chi connectivity index (χ2v) is 4.80. The Hall–Kier alpha value is -3.36. The van der Waals surface area contributed by atoms with Gasteiger partial charge in [0.15, 0.2) is 11.6 Å². The van der Waals surface area contributed by atoms with Crippen LogP contribution in [-0.2, 0) is 0 Å². The number of nitrogens with one attached hydrogen (secondary N) is 2. The molecule has 0 fully saturated rings. The second-order valence-electron chi connectivity index (χ2n) is 4.80. The van der Waals surface area contributed by atoms with Gasteiger partial charge >= 0.3 is 6.03 Å². The van der Waals surface area contributed by atoms with Crippen LogP contribution >= 0.6 is 0 Å². The summed E-state index contributed by atoms with van der Waals surface area (Å²) in [5.41, 5.74) is -0.268. The summed E-state index contributed by atoms with van der Waals surface area (Å²) in [5.74, 6) is -0.118. The minimum atomic E-state index is -0.648. The average molecular weight is 349 g/mol. The Labute approximate surface area is 142 Å². The molecule has 0 atom stereocenters. The Balaban J connectivity index is 1.86. The third-order valence-electron chi connectivity index (χ3n) is 3.13. The first kappa shape index (κ1) is 18.0. The fraction of sp³-hybridized carbons (Fsp3) is 0.188. The minimum Gasteiger partial charge on any atom is -0.496 e. The summed E-state index contributed by atoms with van der Waals surface area (Å²) in [7, 11) is 1.38. The lowest BCUT2D eigenvalue weighted by atomic mass is 10.2. The number of hydrogen-bond acceptors (Lipinski definition) is 5. The van der Waals surface area contributed by atoms with Crippen molar-refractivity contribution in [1.29, 1.82) is 0 Å². The molecular formula is C16H16FN3O5. The number of urea groups is 1. The van der Waals surface area contributed by atoms with Crippen LogP contribution < -0.4 is 20.1 Å². The highest BCUT2D eigenvalue weighted by Crippen LogP contribution is 2.28. The molecule has 8 nitrogen and oxygen atoms in total. The number of anilines is 1. The minimum absolute atomic E-state index is 0.0262. The van der Waals surface area contributed by atoms with Gasteiger partial charge < -0.3 is 20.1 Å². The van der Waals surface area contributed by atoms with Gasteiger partial charge in [-0.3, -0.25) is 10.1 Å².